The first-order chi connectivity index (χ1) is 8.65. The highest BCUT2D eigenvalue weighted by Gasteiger charge is 2.26. The van der Waals surface area contributed by atoms with Gasteiger partial charge in [0, 0.05) is 18.2 Å². The van der Waals surface area contributed by atoms with Gasteiger partial charge in [-0.1, -0.05) is 0 Å². The van der Waals surface area contributed by atoms with Crippen molar-refractivity contribution >= 4 is 28.0 Å². The predicted molar refractivity (Wildman–Crippen MR) is 58.3 cm³/mol. The summed E-state index contributed by atoms with van der Waals surface area (Å²) in [4.78, 5) is 26.0. The quantitative estimate of drug-likeness (QED) is 0.346. The number of rotatable bonds is 3. The highest BCUT2D eigenvalue weighted by Crippen LogP contribution is 2.27. The fourth-order valence-corrected chi connectivity index (χ4v) is 1.65. The zero-order valence-electron chi connectivity index (χ0n) is 8.86. The summed E-state index contributed by atoms with van der Waals surface area (Å²) in [5, 5.41) is 27.6. The summed E-state index contributed by atoms with van der Waals surface area (Å²) in [5.74, 6) is 0. The zero-order chi connectivity index (χ0) is 15.2. The maximum Gasteiger partial charge on any atom is 0.301 e. The highest BCUT2D eigenvalue weighted by atomic mass is 32.2. The van der Waals surface area contributed by atoms with E-state index in [9.17, 15) is 28.6 Å². The van der Waals surface area contributed by atoms with Crippen molar-refractivity contribution in [2.45, 2.75) is 4.90 Å². The van der Waals surface area contributed by atoms with Crippen LogP contribution in [0.3, 0.4) is 0 Å². The average Bonchev–Trinajstić information content (AvgIpc) is 2.27. The first kappa shape index (κ1) is 16.4. The molecule has 1 rings (SSSR count). The standard InChI is InChI=1S/C6H4N2O7S.CH2O2/c9-7(10)4-1-2-5(8(11)12)6(3-4)16(13,14)15;2-1-3/h1-3H,(H,13,14,15);1H,(H,2,3). The Labute approximate surface area is 105 Å². The predicted octanol–water partition coefficient (Wildman–Crippen LogP) is 0.451. The van der Waals surface area contributed by atoms with Crippen LogP contribution in [-0.2, 0) is 14.9 Å². The molecule has 0 spiro atoms. The number of carbonyl (C=O) groups is 1. The van der Waals surface area contributed by atoms with Gasteiger partial charge in [0.15, 0.2) is 4.90 Å². The Hall–Kier alpha value is -2.60. The van der Waals surface area contributed by atoms with E-state index < -0.39 is 36.2 Å². The van der Waals surface area contributed by atoms with Crippen molar-refractivity contribution in [2.75, 3.05) is 0 Å². The van der Waals surface area contributed by atoms with Gasteiger partial charge in [-0.05, 0) is 0 Å². The molecule has 0 radical (unpaired) electrons. The second-order valence-corrected chi connectivity index (χ2v) is 4.14. The van der Waals surface area contributed by atoms with E-state index in [-0.39, 0.29) is 6.47 Å². The number of non-ortho nitro benzene ring substituents is 1. The van der Waals surface area contributed by atoms with Crippen LogP contribution in [0.5, 0.6) is 0 Å². The molecule has 0 unspecified atom stereocenters. The summed E-state index contributed by atoms with van der Waals surface area (Å²) in [6.45, 7) is -0.250. The molecule has 0 heterocycles. The number of nitro groups is 2. The second-order valence-electron chi connectivity index (χ2n) is 2.75. The van der Waals surface area contributed by atoms with E-state index in [1.165, 1.54) is 0 Å². The average molecular weight is 294 g/mol. The van der Waals surface area contributed by atoms with Crippen LogP contribution in [0.4, 0.5) is 11.4 Å². The number of carboxylic acid groups (broad SMARTS) is 1. The molecule has 0 saturated carbocycles. The minimum Gasteiger partial charge on any atom is -0.483 e. The molecule has 0 aliphatic rings. The van der Waals surface area contributed by atoms with Gasteiger partial charge < -0.3 is 5.11 Å². The van der Waals surface area contributed by atoms with Crippen molar-refractivity contribution in [3.05, 3.63) is 38.4 Å². The molecule has 0 bridgehead atoms. The van der Waals surface area contributed by atoms with Gasteiger partial charge in [0.25, 0.3) is 17.8 Å². The van der Waals surface area contributed by atoms with Gasteiger partial charge in [-0.2, -0.15) is 8.42 Å². The van der Waals surface area contributed by atoms with Crippen LogP contribution in [0.2, 0.25) is 0 Å². The van der Waals surface area contributed by atoms with Crippen LogP contribution in [-0.4, -0.2) is 34.4 Å². The second kappa shape index (κ2) is 6.36. The molecule has 0 fully saturated rings. The smallest absolute Gasteiger partial charge is 0.301 e. The molecule has 19 heavy (non-hydrogen) atoms. The third-order valence-corrected chi connectivity index (χ3v) is 2.51. The Morgan fingerprint density at radius 2 is 1.63 bits per heavy atom. The number of nitrogens with zero attached hydrogens (tertiary/aromatic N) is 2. The molecule has 1 aromatic carbocycles. The summed E-state index contributed by atoms with van der Waals surface area (Å²) in [7, 11) is -4.88. The van der Waals surface area contributed by atoms with Gasteiger partial charge in [0.1, 0.15) is 0 Å². The topological polar surface area (TPSA) is 178 Å². The summed E-state index contributed by atoms with van der Waals surface area (Å²) >= 11 is 0. The van der Waals surface area contributed by atoms with E-state index in [1.54, 1.807) is 0 Å². The molecular weight excluding hydrogens is 288 g/mol. The zero-order valence-corrected chi connectivity index (χ0v) is 9.68. The van der Waals surface area contributed by atoms with E-state index >= 15 is 0 Å². The van der Waals surface area contributed by atoms with Gasteiger partial charge in [-0.15, -0.1) is 0 Å². The van der Waals surface area contributed by atoms with Gasteiger partial charge >= 0.3 is 10.1 Å². The third-order valence-electron chi connectivity index (χ3n) is 1.63. The number of benzene rings is 1. The first-order valence-corrected chi connectivity index (χ1v) is 5.57. The maximum absolute atomic E-state index is 10.8. The lowest BCUT2D eigenvalue weighted by atomic mass is 10.3. The lowest BCUT2D eigenvalue weighted by Gasteiger charge is -1.98. The van der Waals surface area contributed by atoms with Gasteiger partial charge in [-0.3, -0.25) is 29.6 Å². The van der Waals surface area contributed by atoms with Gasteiger partial charge in [-0.25, -0.2) is 0 Å². The molecule has 12 heteroatoms. The van der Waals surface area contributed by atoms with Crippen molar-refractivity contribution in [1.29, 1.82) is 0 Å². The molecule has 0 amide bonds. The Kier molecular flexibility index (Phi) is 5.49. The molecule has 0 aliphatic carbocycles. The Bertz CT molecular complexity index is 609. The molecule has 0 aliphatic heterocycles. The molecule has 2 N–H and O–H groups in total. The van der Waals surface area contributed by atoms with Gasteiger partial charge in [0.05, 0.1) is 9.85 Å². The van der Waals surface area contributed by atoms with E-state index in [1.807, 2.05) is 0 Å². The van der Waals surface area contributed by atoms with E-state index in [4.69, 9.17) is 14.5 Å². The molecule has 1 aromatic rings. The van der Waals surface area contributed by atoms with Gasteiger partial charge in [0.2, 0.25) is 0 Å². The van der Waals surface area contributed by atoms with Crippen molar-refractivity contribution in [3.8, 4) is 0 Å². The van der Waals surface area contributed by atoms with E-state index in [0.717, 1.165) is 6.07 Å². The fraction of sp³-hybridized carbons (Fsp3) is 0. The van der Waals surface area contributed by atoms with Crippen LogP contribution in [0, 0.1) is 20.2 Å². The summed E-state index contributed by atoms with van der Waals surface area (Å²) in [6.07, 6.45) is 0. The monoisotopic (exact) mass is 294 g/mol. The molecule has 104 valence electrons. The SMILES string of the molecule is O=CO.O=[N+]([O-])c1ccc([N+](=O)[O-])c(S(=O)(=O)O)c1. The Morgan fingerprint density at radius 3 is 1.95 bits per heavy atom. The van der Waals surface area contributed by atoms with E-state index in [0.29, 0.717) is 12.1 Å². The molecule has 0 saturated heterocycles. The summed E-state index contributed by atoms with van der Waals surface area (Å²) in [5.41, 5.74) is -1.59. The molecular formula is C7H6N2O9S. The van der Waals surface area contributed by atoms with Crippen molar-refractivity contribution in [2.24, 2.45) is 0 Å². The number of hydrogen-bond acceptors (Lipinski definition) is 7. The van der Waals surface area contributed by atoms with Crippen LogP contribution >= 0.6 is 0 Å². The van der Waals surface area contributed by atoms with Crippen LogP contribution in [0.1, 0.15) is 0 Å². The van der Waals surface area contributed by atoms with Crippen LogP contribution < -0.4 is 0 Å². The first-order valence-electron chi connectivity index (χ1n) is 4.13. The highest BCUT2D eigenvalue weighted by molar-refractivity contribution is 7.86. The lowest BCUT2D eigenvalue weighted by molar-refractivity contribution is -0.391. The summed E-state index contributed by atoms with van der Waals surface area (Å²) < 4.78 is 30.2. The normalized spacial score (nSPS) is 9.95. The minimum atomic E-state index is -4.88. The molecule has 11 nitrogen and oxygen atoms in total. The van der Waals surface area contributed by atoms with Crippen LogP contribution in [0.15, 0.2) is 23.1 Å². The minimum absolute atomic E-state index is 0.250. The van der Waals surface area contributed by atoms with Crippen molar-refractivity contribution in [1.82, 2.24) is 0 Å². The number of nitro benzene ring substituents is 2. The molecule has 0 aromatic heterocycles. The maximum atomic E-state index is 10.8. The summed E-state index contributed by atoms with van der Waals surface area (Å²) in [6, 6.07) is 1.83. The Morgan fingerprint density at radius 1 is 1.16 bits per heavy atom. The largest absolute Gasteiger partial charge is 0.483 e. The third kappa shape index (κ3) is 4.64. The lowest BCUT2D eigenvalue weighted by Crippen LogP contribution is -2.04. The van der Waals surface area contributed by atoms with Crippen molar-refractivity contribution < 1.29 is 32.7 Å². The Balaban J connectivity index is 0.000000982. The van der Waals surface area contributed by atoms with Crippen molar-refractivity contribution in [3.63, 3.8) is 0 Å². The molecule has 0 atom stereocenters. The van der Waals surface area contributed by atoms with E-state index in [2.05, 4.69) is 0 Å². The number of hydrogen-bond donors (Lipinski definition) is 2. The fourth-order valence-electron chi connectivity index (χ4n) is 0.974. The van der Waals surface area contributed by atoms with Crippen LogP contribution in [0.25, 0.3) is 0 Å².